The smallest absolute Gasteiger partial charge is 0.259 e. The molecule has 1 heterocycles. The average Bonchev–Trinajstić information content (AvgIpc) is 2.85. The fourth-order valence-corrected chi connectivity index (χ4v) is 1.80. The molecule has 2 rings (SSSR count). The van der Waals surface area contributed by atoms with Gasteiger partial charge in [-0.3, -0.25) is 4.79 Å². The minimum atomic E-state index is -0.196. The predicted molar refractivity (Wildman–Crippen MR) is 78.5 cm³/mol. The second-order valence-corrected chi connectivity index (χ2v) is 4.38. The minimum Gasteiger partial charge on any atom is -0.469 e. The Labute approximate surface area is 118 Å². The molecule has 0 aliphatic rings. The summed E-state index contributed by atoms with van der Waals surface area (Å²) in [4.78, 5) is 12.1. The van der Waals surface area contributed by atoms with E-state index in [4.69, 9.17) is 10.2 Å². The van der Waals surface area contributed by atoms with Crippen LogP contribution in [0.3, 0.4) is 0 Å². The zero-order valence-electron chi connectivity index (χ0n) is 11.5. The molecule has 2 aromatic rings. The molecular formula is C16H16N2O2. The third kappa shape index (κ3) is 3.08. The van der Waals surface area contributed by atoms with Crippen LogP contribution in [0.1, 0.15) is 27.2 Å². The summed E-state index contributed by atoms with van der Waals surface area (Å²) in [6.45, 7) is 4.03. The molecule has 0 saturated carbocycles. The number of nitrogens with two attached hydrogens (primary N) is 1. The largest absolute Gasteiger partial charge is 0.469 e. The lowest BCUT2D eigenvalue weighted by molar-refractivity contribution is 0.102. The molecule has 1 aromatic carbocycles. The number of nitrogens with one attached hydrogen (secondary N) is 1. The van der Waals surface area contributed by atoms with Crippen molar-refractivity contribution in [2.24, 2.45) is 5.73 Å². The third-order valence-corrected chi connectivity index (χ3v) is 2.92. The summed E-state index contributed by atoms with van der Waals surface area (Å²) >= 11 is 0. The first kappa shape index (κ1) is 13.9. The monoisotopic (exact) mass is 268 g/mol. The van der Waals surface area contributed by atoms with E-state index in [0.29, 0.717) is 23.6 Å². The van der Waals surface area contributed by atoms with E-state index in [1.165, 1.54) is 6.26 Å². The van der Waals surface area contributed by atoms with Crippen LogP contribution in [-0.4, -0.2) is 12.5 Å². The van der Waals surface area contributed by atoms with Gasteiger partial charge < -0.3 is 15.5 Å². The maximum Gasteiger partial charge on any atom is 0.259 e. The number of hydrogen-bond acceptors (Lipinski definition) is 3. The van der Waals surface area contributed by atoms with Crippen molar-refractivity contribution in [3.05, 3.63) is 53.0 Å². The van der Waals surface area contributed by atoms with E-state index in [2.05, 4.69) is 17.2 Å². The van der Waals surface area contributed by atoms with Gasteiger partial charge in [0.05, 0.1) is 18.4 Å². The Kier molecular flexibility index (Phi) is 4.24. The van der Waals surface area contributed by atoms with E-state index < -0.39 is 0 Å². The van der Waals surface area contributed by atoms with E-state index in [1.807, 2.05) is 25.1 Å². The van der Waals surface area contributed by atoms with Gasteiger partial charge in [-0.2, -0.15) is 0 Å². The second kappa shape index (κ2) is 6.09. The van der Waals surface area contributed by atoms with E-state index in [-0.39, 0.29) is 5.91 Å². The highest BCUT2D eigenvalue weighted by atomic mass is 16.3. The summed E-state index contributed by atoms with van der Waals surface area (Å²) in [6, 6.07) is 7.24. The highest BCUT2D eigenvalue weighted by Gasteiger charge is 2.11. The number of carbonyl (C=O) groups is 1. The maximum atomic E-state index is 12.1. The van der Waals surface area contributed by atoms with E-state index >= 15 is 0 Å². The summed E-state index contributed by atoms with van der Waals surface area (Å²) in [5.74, 6) is 6.20. The molecule has 0 aliphatic carbocycles. The van der Waals surface area contributed by atoms with Crippen molar-refractivity contribution in [3.63, 3.8) is 0 Å². The summed E-state index contributed by atoms with van der Waals surface area (Å²) in [5.41, 5.74) is 8.50. The molecule has 102 valence electrons. The fraction of sp³-hybridized carbons (Fsp3) is 0.188. The van der Waals surface area contributed by atoms with Gasteiger partial charge in [-0.05, 0) is 37.6 Å². The van der Waals surface area contributed by atoms with Crippen molar-refractivity contribution in [3.8, 4) is 11.8 Å². The molecule has 0 atom stereocenters. The van der Waals surface area contributed by atoms with Crippen LogP contribution in [-0.2, 0) is 0 Å². The lowest BCUT2D eigenvalue weighted by Gasteiger charge is -2.06. The number of anilines is 1. The number of hydrogen-bond donors (Lipinski definition) is 2. The summed E-state index contributed by atoms with van der Waals surface area (Å²) in [7, 11) is 0. The van der Waals surface area contributed by atoms with E-state index in [1.54, 1.807) is 13.0 Å². The van der Waals surface area contributed by atoms with Crippen LogP contribution in [0.15, 0.2) is 34.9 Å². The molecule has 0 aliphatic heterocycles. The quantitative estimate of drug-likeness (QED) is 0.822. The molecule has 0 unspecified atom stereocenters. The minimum absolute atomic E-state index is 0.196. The molecule has 0 saturated heterocycles. The molecule has 4 nitrogen and oxygen atoms in total. The molecule has 0 spiro atoms. The summed E-state index contributed by atoms with van der Waals surface area (Å²) in [6.07, 6.45) is 1.50. The third-order valence-electron chi connectivity index (χ3n) is 2.92. The van der Waals surface area contributed by atoms with Gasteiger partial charge in [0.15, 0.2) is 0 Å². The van der Waals surface area contributed by atoms with E-state index in [0.717, 1.165) is 11.1 Å². The van der Waals surface area contributed by atoms with Gasteiger partial charge in [0.2, 0.25) is 0 Å². The number of aryl methyl sites for hydroxylation is 2. The molecule has 1 amide bonds. The van der Waals surface area contributed by atoms with Gasteiger partial charge in [-0.15, -0.1) is 0 Å². The maximum absolute atomic E-state index is 12.1. The first-order valence-electron chi connectivity index (χ1n) is 6.27. The van der Waals surface area contributed by atoms with E-state index in [9.17, 15) is 4.79 Å². The Hall–Kier alpha value is -2.51. The van der Waals surface area contributed by atoms with Gasteiger partial charge in [0, 0.05) is 11.3 Å². The predicted octanol–water partition coefficient (Wildman–Crippen LogP) is 2.46. The van der Waals surface area contributed by atoms with Crippen LogP contribution in [0.4, 0.5) is 5.69 Å². The summed E-state index contributed by atoms with van der Waals surface area (Å²) in [5, 5.41) is 2.83. The van der Waals surface area contributed by atoms with Crippen LogP contribution in [0, 0.1) is 25.7 Å². The van der Waals surface area contributed by atoms with Crippen molar-refractivity contribution in [2.45, 2.75) is 13.8 Å². The van der Waals surface area contributed by atoms with Gasteiger partial charge in [-0.1, -0.05) is 17.9 Å². The Balaban J connectivity index is 2.22. The van der Waals surface area contributed by atoms with Crippen LogP contribution in [0.5, 0.6) is 0 Å². The molecule has 0 bridgehead atoms. The van der Waals surface area contributed by atoms with Crippen LogP contribution >= 0.6 is 0 Å². The fourth-order valence-electron chi connectivity index (χ4n) is 1.80. The van der Waals surface area contributed by atoms with Gasteiger partial charge in [0.1, 0.15) is 5.76 Å². The first-order valence-corrected chi connectivity index (χ1v) is 6.27. The van der Waals surface area contributed by atoms with Crippen LogP contribution < -0.4 is 11.1 Å². The Bertz CT molecular complexity index is 690. The molecule has 20 heavy (non-hydrogen) atoms. The van der Waals surface area contributed by atoms with Gasteiger partial charge >= 0.3 is 0 Å². The highest BCUT2D eigenvalue weighted by Crippen LogP contribution is 2.17. The number of amides is 1. The molecular weight excluding hydrogens is 252 g/mol. The lowest BCUT2D eigenvalue weighted by atomic mass is 10.1. The molecule has 1 aromatic heterocycles. The van der Waals surface area contributed by atoms with Crippen LogP contribution in [0.25, 0.3) is 0 Å². The van der Waals surface area contributed by atoms with Crippen molar-refractivity contribution in [1.29, 1.82) is 0 Å². The molecule has 0 fully saturated rings. The number of carbonyl (C=O) groups excluding carboxylic acids is 1. The number of benzene rings is 1. The Morgan fingerprint density at radius 3 is 2.80 bits per heavy atom. The zero-order valence-corrected chi connectivity index (χ0v) is 11.5. The normalized spacial score (nSPS) is 9.75. The highest BCUT2D eigenvalue weighted by molar-refractivity contribution is 6.05. The first-order chi connectivity index (χ1) is 9.61. The average molecular weight is 268 g/mol. The Morgan fingerprint density at radius 2 is 2.15 bits per heavy atom. The van der Waals surface area contributed by atoms with Gasteiger partial charge in [0.25, 0.3) is 5.91 Å². The van der Waals surface area contributed by atoms with Crippen molar-refractivity contribution in [2.75, 3.05) is 11.9 Å². The SMILES string of the molecule is Cc1ccc(NC(=O)c2ccoc2C)cc1C#CCN. The summed E-state index contributed by atoms with van der Waals surface area (Å²) < 4.78 is 5.12. The number of furan rings is 1. The number of rotatable bonds is 2. The van der Waals surface area contributed by atoms with Crippen molar-refractivity contribution < 1.29 is 9.21 Å². The molecule has 4 heteroatoms. The van der Waals surface area contributed by atoms with Crippen molar-refractivity contribution >= 4 is 11.6 Å². The lowest BCUT2D eigenvalue weighted by Crippen LogP contribution is -2.12. The van der Waals surface area contributed by atoms with Crippen LogP contribution in [0.2, 0.25) is 0 Å². The van der Waals surface area contributed by atoms with Crippen molar-refractivity contribution in [1.82, 2.24) is 0 Å². The molecule has 0 radical (unpaired) electrons. The topological polar surface area (TPSA) is 68.3 Å². The Morgan fingerprint density at radius 1 is 1.35 bits per heavy atom. The van der Waals surface area contributed by atoms with Gasteiger partial charge in [-0.25, -0.2) is 0 Å². The second-order valence-electron chi connectivity index (χ2n) is 4.38. The zero-order chi connectivity index (χ0) is 14.5. The standard InChI is InChI=1S/C16H16N2O2/c1-11-5-6-14(10-13(11)4-3-8-17)18-16(19)15-7-9-20-12(15)2/h5-7,9-10H,8,17H2,1-2H3,(H,18,19). The molecule has 3 N–H and O–H groups in total.